The molecule has 3 N–H and O–H groups in total. The fraction of sp³-hybridized carbons (Fsp3) is 0.947. The molecule has 0 aliphatic heterocycles. The van der Waals surface area contributed by atoms with Gasteiger partial charge in [-0.1, -0.05) is 331 Å². The minimum absolute atomic E-state index is 0.105. The van der Waals surface area contributed by atoms with Crippen LogP contribution in [0.25, 0.3) is 0 Å². The lowest BCUT2D eigenvalue weighted by atomic mass is 9.99. The van der Waals surface area contributed by atoms with Gasteiger partial charge in [-0.2, -0.15) is 0 Å². The molecule has 3 unspecified atom stereocenters. The Morgan fingerprint density at radius 1 is 0.309 bits per heavy atom. The summed E-state index contributed by atoms with van der Waals surface area (Å²) in [5, 5.41) is 10.6. The van der Waals surface area contributed by atoms with E-state index in [-0.39, 0.29) is 25.7 Å². The second kappa shape index (κ2) is 65.7. The first-order chi connectivity index (χ1) is 45.3. The zero-order valence-electron chi connectivity index (χ0n) is 61.4. The van der Waals surface area contributed by atoms with Crippen molar-refractivity contribution in [3.05, 3.63) is 0 Å². The Morgan fingerprint density at radius 3 is 0.809 bits per heavy atom. The molecule has 94 heavy (non-hydrogen) atoms. The van der Waals surface area contributed by atoms with Crippen molar-refractivity contribution in [1.82, 2.24) is 0 Å². The van der Waals surface area contributed by atoms with E-state index in [1.165, 1.54) is 186 Å². The number of rotatable bonds is 73. The minimum Gasteiger partial charge on any atom is -0.462 e. The Labute approximate surface area is 575 Å². The Bertz CT molecular complexity index is 1840. The lowest BCUT2D eigenvalue weighted by Gasteiger charge is -2.21. The van der Waals surface area contributed by atoms with Gasteiger partial charge in [-0.25, -0.2) is 9.13 Å². The molecule has 0 heterocycles. The number of unbranched alkanes of at least 4 members (excludes halogenated alkanes) is 40. The zero-order chi connectivity index (χ0) is 69.4. The number of aliphatic hydroxyl groups excluding tert-OH is 1. The van der Waals surface area contributed by atoms with Crippen LogP contribution < -0.4 is 0 Å². The van der Waals surface area contributed by atoms with Crippen molar-refractivity contribution in [1.29, 1.82) is 0 Å². The molecule has 0 aromatic carbocycles. The third-order valence-electron chi connectivity index (χ3n) is 17.7. The van der Waals surface area contributed by atoms with Gasteiger partial charge in [0.05, 0.1) is 26.4 Å². The first-order valence-corrected chi connectivity index (χ1v) is 41.9. The van der Waals surface area contributed by atoms with E-state index in [1.807, 2.05) is 0 Å². The summed E-state index contributed by atoms with van der Waals surface area (Å²) < 4.78 is 68.4. The smallest absolute Gasteiger partial charge is 0.462 e. The van der Waals surface area contributed by atoms with Crippen LogP contribution in [-0.2, 0) is 65.4 Å². The monoisotopic (exact) mass is 1380 g/mol. The molecule has 0 fully saturated rings. The zero-order valence-corrected chi connectivity index (χ0v) is 63.2. The molecule has 0 spiro atoms. The summed E-state index contributed by atoms with van der Waals surface area (Å²) in [6.45, 7) is 11.9. The Kier molecular flexibility index (Phi) is 64.3. The fourth-order valence-electron chi connectivity index (χ4n) is 11.4. The highest BCUT2D eigenvalue weighted by atomic mass is 31.2. The van der Waals surface area contributed by atoms with E-state index in [4.69, 9.17) is 37.0 Å². The van der Waals surface area contributed by atoms with Gasteiger partial charge in [0.2, 0.25) is 0 Å². The number of carbonyl (C=O) groups excluding carboxylic acids is 4. The largest absolute Gasteiger partial charge is 0.472 e. The normalized spacial score (nSPS) is 14.4. The van der Waals surface area contributed by atoms with Gasteiger partial charge < -0.3 is 33.8 Å². The van der Waals surface area contributed by atoms with Crippen molar-refractivity contribution < 1.29 is 80.2 Å². The van der Waals surface area contributed by atoms with Gasteiger partial charge in [-0.3, -0.25) is 37.3 Å². The quantitative estimate of drug-likeness (QED) is 0.0222. The van der Waals surface area contributed by atoms with E-state index in [2.05, 4.69) is 48.5 Å². The Morgan fingerprint density at radius 2 is 0.543 bits per heavy atom. The average Bonchev–Trinajstić information content (AvgIpc) is 1.23. The number of carbonyl (C=O) groups is 4. The van der Waals surface area contributed by atoms with Gasteiger partial charge in [0, 0.05) is 25.7 Å². The molecular weight excluding hydrogens is 1230 g/mol. The van der Waals surface area contributed by atoms with Crippen molar-refractivity contribution >= 4 is 39.5 Å². The van der Waals surface area contributed by atoms with Crippen LogP contribution in [0.1, 0.15) is 382 Å². The van der Waals surface area contributed by atoms with Crippen molar-refractivity contribution in [2.75, 3.05) is 39.6 Å². The molecule has 0 aliphatic rings. The second-order valence-corrected chi connectivity index (χ2v) is 31.1. The lowest BCUT2D eigenvalue weighted by Crippen LogP contribution is -2.30. The van der Waals surface area contributed by atoms with Crippen LogP contribution in [0.5, 0.6) is 0 Å². The third-order valence-corrected chi connectivity index (χ3v) is 19.6. The minimum atomic E-state index is -4.96. The molecule has 0 aromatic heterocycles. The Hall–Kier alpha value is -1.94. The van der Waals surface area contributed by atoms with E-state index in [9.17, 15) is 43.2 Å². The van der Waals surface area contributed by atoms with Crippen LogP contribution in [-0.4, -0.2) is 96.7 Å². The number of hydrogen-bond acceptors (Lipinski definition) is 15. The van der Waals surface area contributed by atoms with Crippen molar-refractivity contribution in [3.63, 3.8) is 0 Å². The van der Waals surface area contributed by atoms with Gasteiger partial charge >= 0.3 is 39.5 Å². The highest BCUT2D eigenvalue weighted by Gasteiger charge is 2.30. The molecule has 0 aromatic rings. The molecule has 6 atom stereocenters. The molecule has 17 nitrogen and oxygen atoms in total. The first kappa shape index (κ1) is 92.1. The molecule has 0 aliphatic carbocycles. The summed E-state index contributed by atoms with van der Waals surface area (Å²) >= 11 is 0. The van der Waals surface area contributed by atoms with Crippen molar-refractivity contribution in [3.8, 4) is 0 Å². The SMILES string of the molecule is CCCCCCCCCCCCC(=O)O[C@H](COC(=O)CCCCCCCCC(C)C)COP(=O)(O)OC[C@H](O)COP(=O)(O)OC[C@@H](COC(=O)CCCCCCCCCCCCC(C)CC)OC(=O)CCCCCCCCCCCCCCCCCCCCC(C)C. The van der Waals surface area contributed by atoms with E-state index in [1.54, 1.807) is 0 Å². The summed E-state index contributed by atoms with van der Waals surface area (Å²) in [4.78, 5) is 72.6. The number of aliphatic hydroxyl groups is 1. The molecule has 0 saturated carbocycles. The van der Waals surface area contributed by atoms with E-state index < -0.39 is 97.5 Å². The summed E-state index contributed by atoms with van der Waals surface area (Å²) in [6, 6.07) is 0. The standard InChI is InChI=1S/C75H146O17P2/c1-8-10-11-12-13-14-29-35-44-51-58-74(79)92-71(63-86-73(78)57-50-43-38-37-40-47-54-67(5)6)65-90-94(83,84)88-61-69(76)60-87-93(81,82)89-64-70(62-85-72(77)56-49-42-34-30-26-25-28-33-41-48-55-68(7)9-2)91-75(80)59-52-45-36-31-24-22-20-18-16-15-17-19-21-23-27-32-39-46-53-66(3)4/h66-71,76H,8-65H2,1-7H3,(H,81,82)(H,83,84)/t68?,69-,70-,71-/m1/s1. The van der Waals surface area contributed by atoms with Crippen LogP contribution in [0.4, 0.5) is 0 Å². The summed E-state index contributed by atoms with van der Waals surface area (Å²) in [5.41, 5.74) is 0. The van der Waals surface area contributed by atoms with Gasteiger partial charge in [0.1, 0.15) is 19.3 Å². The number of phosphoric acid groups is 2. The van der Waals surface area contributed by atoms with E-state index in [0.29, 0.717) is 31.6 Å². The van der Waals surface area contributed by atoms with E-state index >= 15 is 0 Å². The molecule has 0 saturated heterocycles. The molecular formula is C75H146O17P2. The van der Waals surface area contributed by atoms with Crippen molar-refractivity contribution in [2.24, 2.45) is 17.8 Å². The molecule has 0 radical (unpaired) electrons. The van der Waals surface area contributed by atoms with Gasteiger partial charge in [-0.15, -0.1) is 0 Å². The van der Waals surface area contributed by atoms with E-state index in [0.717, 1.165) is 108 Å². The number of ether oxygens (including phenoxy) is 4. The fourth-order valence-corrected chi connectivity index (χ4v) is 13.0. The lowest BCUT2D eigenvalue weighted by molar-refractivity contribution is -0.161. The molecule has 0 rings (SSSR count). The van der Waals surface area contributed by atoms with Crippen LogP contribution in [0, 0.1) is 17.8 Å². The van der Waals surface area contributed by atoms with Crippen LogP contribution in [0.3, 0.4) is 0 Å². The molecule has 558 valence electrons. The topological polar surface area (TPSA) is 237 Å². The third kappa shape index (κ3) is 67.3. The number of phosphoric ester groups is 2. The average molecular weight is 1380 g/mol. The molecule has 19 heteroatoms. The summed E-state index contributed by atoms with van der Waals surface area (Å²) in [5.74, 6) is 0.187. The summed E-state index contributed by atoms with van der Waals surface area (Å²) in [7, 11) is -9.91. The van der Waals surface area contributed by atoms with Crippen LogP contribution in [0.2, 0.25) is 0 Å². The molecule has 0 amide bonds. The molecule has 0 bridgehead atoms. The Balaban J connectivity index is 5.19. The highest BCUT2D eigenvalue weighted by molar-refractivity contribution is 7.47. The number of hydrogen-bond donors (Lipinski definition) is 3. The number of esters is 4. The van der Waals surface area contributed by atoms with Crippen molar-refractivity contribution in [2.45, 2.75) is 401 Å². The maximum absolute atomic E-state index is 13.1. The first-order valence-electron chi connectivity index (χ1n) is 38.9. The predicted molar refractivity (Wildman–Crippen MR) is 381 cm³/mol. The predicted octanol–water partition coefficient (Wildman–Crippen LogP) is 21.8. The van der Waals surface area contributed by atoms with Gasteiger partial charge in [-0.05, 0) is 43.4 Å². The second-order valence-electron chi connectivity index (χ2n) is 28.2. The van der Waals surface area contributed by atoms with Crippen LogP contribution in [0.15, 0.2) is 0 Å². The van der Waals surface area contributed by atoms with Gasteiger partial charge in [0.25, 0.3) is 0 Å². The maximum Gasteiger partial charge on any atom is 0.472 e. The maximum atomic E-state index is 13.1. The van der Waals surface area contributed by atoms with Crippen LogP contribution >= 0.6 is 15.6 Å². The highest BCUT2D eigenvalue weighted by Crippen LogP contribution is 2.45. The van der Waals surface area contributed by atoms with Gasteiger partial charge in [0.15, 0.2) is 12.2 Å². The summed E-state index contributed by atoms with van der Waals surface area (Å²) in [6.07, 6.45) is 51.5.